The summed E-state index contributed by atoms with van der Waals surface area (Å²) < 4.78 is 33.8. The molecular formula is C31H25FN4O4S2. The molecule has 11 heteroatoms. The van der Waals surface area contributed by atoms with Gasteiger partial charge in [0.2, 0.25) is 5.13 Å². The molecule has 0 radical (unpaired) electrons. The number of carboxylic acid groups (broad SMARTS) is 1. The Morgan fingerprint density at radius 2 is 2.05 bits per heavy atom. The molecule has 1 aliphatic rings. The van der Waals surface area contributed by atoms with Crippen molar-refractivity contribution in [3.05, 3.63) is 105 Å². The number of nitrogens with two attached hydrogens (primary N) is 1. The van der Waals surface area contributed by atoms with E-state index in [2.05, 4.69) is 16.8 Å². The van der Waals surface area contributed by atoms with Crippen LogP contribution in [0.2, 0.25) is 0 Å². The Bertz CT molecular complexity index is 1910. The molecule has 5 aromatic rings. The van der Waals surface area contributed by atoms with Crippen molar-refractivity contribution in [1.29, 1.82) is 0 Å². The second kappa shape index (κ2) is 11.5. The zero-order chi connectivity index (χ0) is 29.4. The summed E-state index contributed by atoms with van der Waals surface area (Å²) in [7, 11) is -1.94. The summed E-state index contributed by atoms with van der Waals surface area (Å²) >= 11 is 1.20. The molecule has 3 aromatic heterocycles. The van der Waals surface area contributed by atoms with Gasteiger partial charge in [-0.05, 0) is 80.0 Å². The second-order valence-corrected chi connectivity index (χ2v) is 12.0. The first-order chi connectivity index (χ1) is 20.2. The molecule has 0 spiro atoms. The lowest BCUT2D eigenvalue weighted by Gasteiger charge is -2.10. The Hall–Kier alpha value is -4.37. The number of nitrogens with zero attached hydrogens (tertiary/aromatic N) is 3. The van der Waals surface area contributed by atoms with Gasteiger partial charge in [0.1, 0.15) is 22.6 Å². The smallest absolute Gasteiger partial charge is 0.355 e. The van der Waals surface area contributed by atoms with Crippen LogP contribution in [0.4, 0.5) is 4.39 Å². The number of aryl methyl sites for hydroxylation is 1. The molecule has 1 unspecified atom stereocenters. The minimum atomic E-state index is -1.94. The van der Waals surface area contributed by atoms with Crippen molar-refractivity contribution in [1.82, 2.24) is 14.8 Å². The number of hydrogen-bond donors (Lipinski definition) is 2. The lowest BCUT2D eigenvalue weighted by Crippen LogP contribution is -2.07. The summed E-state index contributed by atoms with van der Waals surface area (Å²) in [5.74, 6) is 6.26. The predicted molar refractivity (Wildman–Crippen MR) is 157 cm³/mol. The third-order valence-electron chi connectivity index (χ3n) is 6.96. The molecule has 1 aliphatic carbocycles. The van der Waals surface area contributed by atoms with Gasteiger partial charge >= 0.3 is 5.97 Å². The number of aromatic carboxylic acids is 1. The molecule has 3 N–H and O–H groups in total. The van der Waals surface area contributed by atoms with Crippen molar-refractivity contribution < 1.29 is 22.9 Å². The molecule has 212 valence electrons. The van der Waals surface area contributed by atoms with Gasteiger partial charge in [0.15, 0.2) is 11.5 Å². The number of hydrogen-bond acceptors (Lipinski definition) is 6. The molecule has 1 saturated carbocycles. The molecule has 0 saturated heterocycles. The molecule has 42 heavy (non-hydrogen) atoms. The summed E-state index contributed by atoms with van der Waals surface area (Å²) in [4.78, 5) is 15.9. The number of carboxylic acids is 1. The van der Waals surface area contributed by atoms with Crippen LogP contribution in [0.3, 0.4) is 0 Å². The highest BCUT2D eigenvalue weighted by molar-refractivity contribution is 7.82. The monoisotopic (exact) mass is 600 g/mol. The summed E-state index contributed by atoms with van der Waals surface area (Å²) in [5.41, 5.74) is 4.61. The van der Waals surface area contributed by atoms with Crippen molar-refractivity contribution in [3.63, 3.8) is 0 Å². The predicted octanol–water partition coefficient (Wildman–Crippen LogP) is 5.66. The van der Waals surface area contributed by atoms with Gasteiger partial charge in [0.25, 0.3) is 0 Å². The van der Waals surface area contributed by atoms with Crippen molar-refractivity contribution in [2.45, 2.75) is 37.5 Å². The van der Waals surface area contributed by atoms with Gasteiger partial charge in [0, 0.05) is 28.5 Å². The molecule has 6 rings (SSSR count). The van der Waals surface area contributed by atoms with Crippen LogP contribution in [0.15, 0.2) is 69.3 Å². The number of aromatic nitrogens is 3. The maximum atomic E-state index is 14.8. The van der Waals surface area contributed by atoms with Crippen molar-refractivity contribution in [3.8, 4) is 28.2 Å². The number of halogens is 1. The average Bonchev–Trinajstić information content (AvgIpc) is 3.31. The first-order valence-electron chi connectivity index (χ1n) is 13.2. The lowest BCUT2D eigenvalue weighted by molar-refractivity contribution is 0.0691. The normalized spacial score (nSPS) is 13.5. The van der Waals surface area contributed by atoms with E-state index in [-0.39, 0.29) is 10.6 Å². The fourth-order valence-corrected chi connectivity index (χ4v) is 5.95. The third kappa shape index (κ3) is 5.97. The van der Waals surface area contributed by atoms with Gasteiger partial charge in [0.05, 0.1) is 16.3 Å². The third-order valence-corrected chi connectivity index (χ3v) is 8.54. The van der Waals surface area contributed by atoms with Gasteiger partial charge in [-0.3, -0.25) is 0 Å². The number of carbonyl (C=O) groups is 1. The van der Waals surface area contributed by atoms with Crippen molar-refractivity contribution >= 4 is 28.3 Å². The van der Waals surface area contributed by atoms with Gasteiger partial charge in [-0.2, -0.15) is 5.10 Å². The quantitative estimate of drug-likeness (QED) is 0.222. The average molecular weight is 601 g/mol. The maximum Gasteiger partial charge on any atom is 0.355 e. The van der Waals surface area contributed by atoms with Gasteiger partial charge in [-0.15, -0.1) is 11.3 Å². The van der Waals surface area contributed by atoms with E-state index in [1.54, 1.807) is 10.7 Å². The zero-order valence-electron chi connectivity index (χ0n) is 22.5. The largest absolute Gasteiger partial charge is 0.476 e. The molecule has 1 atom stereocenters. The molecule has 3 heterocycles. The standard InChI is InChI=1S/C31H25FN4O4S2/c1-18-5-10-23(40-18)11-8-19-3-2-4-22(13-19)29-24(14-21-9-12-28(42(33)39)25(32)15-21)27(16-20-6-7-20)36(35-29)31-34-26(17-41-31)30(37)38/h2-5,9-10,12-13,15,17,20H,6-7,14,16,33H2,1H3,(H,37,38). The fraction of sp³-hybridized carbons (Fsp3) is 0.194. The number of benzene rings is 2. The first-order valence-corrected chi connectivity index (χ1v) is 15.3. The van der Waals surface area contributed by atoms with E-state index in [1.807, 2.05) is 43.3 Å². The maximum absolute atomic E-state index is 14.8. The van der Waals surface area contributed by atoms with Crippen LogP contribution in [-0.4, -0.2) is 30.0 Å². The van der Waals surface area contributed by atoms with E-state index < -0.39 is 22.8 Å². The number of rotatable bonds is 8. The first kappa shape index (κ1) is 27.8. The lowest BCUT2D eigenvalue weighted by atomic mass is 9.96. The fourth-order valence-electron chi connectivity index (χ4n) is 4.73. The zero-order valence-corrected chi connectivity index (χ0v) is 24.1. The summed E-state index contributed by atoms with van der Waals surface area (Å²) in [6, 6.07) is 15.8. The van der Waals surface area contributed by atoms with Crippen LogP contribution in [0.5, 0.6) is 0 Å². The van der Waals surface area contributed by atoms with Crippen LogP contribution in [0.1, 0.15) is 57.2 Å². The Morgan fingerprint density at radius 1 is 1.21 bits per heavy atom. The minimum absolute atomic E-state index is 0.0520. The van der Waals surface area contributed by atoms with Crippen LogP contribution in [0, 0.1) is 30.5 Å². The highest BCUT2D eigenvalue weighted by atomic mass is 32.2. The highest BCUT2D eigenvalue weighted by Gasteiger charge is 2.29. The van der Waals surface area contributed by atoms with E-state index in [4.69, 9.17) is 14.7 Å². The SMILES string of the molecule is Cc1ccc(C#Cc2cccc(-c3nn(-c4nc(C(=O)O)cs4)c(CC4CC4)c3Cc3ccc(S(N)=O)c(F)c3)c2)o1. The Balaban J connectivity index is 1.48. The Morgan fingerprint density at radius 3 is 2.71 bits per heavy atom. The summed E-state index contributed by atoms with van der Waals surface area (Å²) in [6.07, 6.45) is 3.22. The van der Waals surface area contributed by atoms with E-state index >= 15 is 0 Å². The molecule has 0 aliphatic heterocycles. The van der Waals surface area contributed by atoms with Gasteiger partial charge in [-0.25, -0.2) is 28.2 Å². The minimum Gasteiger partial charge on any atom is -0.476 e. The highest BCUT2D eigenvalue weighted by Crippen LogP contribution is 2.38. The second-order valence-electron chi connectivity index (χ2n) is 10.1. The van der Waals surface area contributed by atoms with Crippen LogP contribution in [-0.2, 0) is 23.8 Å². The number of thiazole rings is 1. The van der Waals surface area contributed by atoms with Crippen LogP contribution >= 0.6 is 11.3 Å². The van der Waals surface area contributed by atoms with E-state index in [9.17, 15) is 18.5 Å². The molecule has 0 bridgehead atoms. The molecule has 1 fully saturated rings. The summed E-state index contributed by atoms with van der Waals surface area (Å²) in [5, 5.41) is 21.8. The van der Waals surface area contributed by atoms with Crippen molar-refractivity contribution in [2.24, 2.45) is 11.1 Å². The van der Waals surface area contributed by atoms with E-state index in [0.717, 1.165) is 47.4 Å². The van der Waals surface area contributed by atoms with Gasteiger partial charge in [-0.1, -0.05) is 24.1 Å². The Kier molecular flexibility index (Phi) is 7.60. The molecule has 8 nitrogen and oxygen atoms in total. The van der Waals surface area contributed by atoms with Crippen LogP contribution in [0.25, 0.3) is 16.4 Å². The number of furan rings is 1. The van der Waals surface area contributed by atoms with E-state index in [0.29, 0.717) is 34.5 Å². The topological polar surface area (TPSA) is 124 Å². The van der Waals surface area contributed by atoms with E-state index in [1.165, 1.54) is 28.8 Å². The van der Waals surface area contributed by atoms with Crippen molar-refractivity contribution in [2.75, 3.05) is 0 Å². The summed E-state index contributed by atoms with van der Waals surface area (Å²) in [6.45, 7) is 1.86. The molecule has 2 aromatic carbocycles. The molecule has 0 amide bonds. The van der Waals surface area contributed by atoms with Crippen LogP contribution < -0.4 is 5.14 Å². The molecular weight excluding hydrogens is 575 g/mol. The van der Waals surface area contributed by atoms with Gasteiger partial charge < -0.3 is 9.52 Å². The Labute approximate surface area is 247 Å².